The number of aliphatic imine (C=N–C) groups is 1. The van der Waals surface area contributed by atoms with Crippen LogP contribution in [-0.2, 0) is 9.59 Å². The molecule has 1 heterocycles. The van der Waals surface area contributed by atoms with Crippen LogP contribution < -0.4 is 4.74 Å². The summed E-state index contributed by atoms with van der Waals surface area (Å²) < 4.78 is 6.09. The predicted octanol–water partition coefficient (Wildman–Crippen LogP) is 6.67. The van der Waals surface area contributed by atoms with Gasteiger partial charge in [-0.1, -0.05) is 58.0 Å². The van der Waals surface area contributed by atoms with E-state index in [1.165, 1.54) is 0 Å². The fourth-order valence-corrected chi connectivity index (χ4v) is 5.77. The van der Waals surface area contributed by atoms with E-state index in [9.17, 15) is 9.59 Å². The minimum Gasteiger partial charge on any atom is -0.457 e. The molecular weight excluding hydrogens is 410 g/mol. The van der Waals surface area contributed by atoms with E-state index in [-0.39, 0.29) is 34.2 Å². The second-order valence-electron chi connectivity index (χ2n) is 11.3. The Balaban J connectivity index is 1.61. The van der Waals surface area contributed by atoms with Crippen molar-refractivity contribution in [1.29, 1.82) is 0 Å². The lowest BCUT2D eigenvalue weighted by atomic mass is 9.60. The standard InChI is InChI=1S/C29H31NO3/c1-28(2)14-21-26(23(31)16-28)25(27-22(30-21)15-29(3,4)17-24(27)32)18-9-8-12-20(13-18)33-19-10-6-5-7-11-19/h5-13,25-26H,14-17H2,1-4H3/t25-,26?/m0/s1. The highest BCUT2D eigenvalue weighted by Gasteiger charge is 2.49. The van der Waals surface area contributed by atoms with Crippen molar-refractivity contribution in [3.05, 3.63) is 71.4 Å². The van der Waals surface area contributed by atoms with E-state index in [0.29, 0.717) is 18.6 Å². The number of carbonyl (C=O) groups is 2. The third-order valence-corrected chi connectivity index (χ3v) is 7.03. The second-order valence-corrected chi connectivity index (χ2v) is 11.3. The van der Waals surface area contributed by atoms with Crippen molar-refractivity contribution in [3.63, 3.8) is 0 Å². The van der Waals surface area contributed by atoms with Gasteiger partial charge < -0.3 is 4.74 Å². The molecule has 0 amide bonds. The Kier molecular flexibility index (Phi) is 5.15. The first-order valence-corrected chi connectivity index (χ1v) is 11.8. The molecule has 1 saturated carbocycles. The van der Waals surface area contributed by atoms with Gasteiger partial charge in [0.2, 0.25) is 0 Å². The fraction of sp³-hybridized carbons (Fsp3) is 0.414. The van der Waals surface area contributed by atoms with Crippen molar-refractivity contribution in [2.45, 2.75) is 59.3 Å². The average molecular weight is 442 g/mol. The third kappa shape index (κ3) is 4.19. The smallest absolute Gasteiger partial charge is 0.161 e. The molecule has 170 valence electrons. The van der Waals surface area contributed by atoms with E-state index < -0.39 is 0 Å². The highest BCUT2D eigenvalue weighted by Crippen LogP contribution is 2.51. The van der Waals surface area contributed by atoms with Gasteiger partial charge in [-0.2, -0.15) is 0 Å². The van der Waals surface area contributed by atoms with E-state index in [4.69, 9.17) is 9.73 Å². The molecule has 2 aliphatic carbocycles. The summed E-state index contributed by atoms with van der Waals surface area (Å²) in [7, 11) is 0. The van der Waals surface area contributed by atoms with Crippen LogP contribution in [0.4, 0.5) is 0 Å². The molecule has 0 N–H and O–H groups in total. The van der Waals surface area contributed by atoms with Gasteiger partial charge in [-0.15, -0.1) is 0 Å². The number of ether oxygens (including phenoxy) is 1. The second kappa shape index (κ2) is 7.79. The molecule has 2 aromatic carbocycles. The maximum atomic E-state index is 13.5. The molecule has 3 aliphatic rings. The van der Waals surface area contributed by atoms with E-state index in [0.717, 1.165) is 41.1 Å². The summed E-state index contributed by atoms with van der Waals surface area (Å²) >= 11 is 0. The number of nitrogens with zero attached hydrogens (tertiary/aromatic N) is 1. The zero-order chi connectivity index (χ0) is 23.4. The highest BCUT2D eigenvalue weighted by molar-refractivity contribution is 6.13. The summed E-state index contributed by atoms with van der Waals surface area (Å²) in [6.07, 6.45) is 2.54. The molecule has 1 aliphatic heterocycles. The summed E-state index contributed by atoms with van der Waals surface area (Å²) in [6.45, 7) is 8.51. The lowest BCUT2D eigenvalue weighted by Crippen LogP contribution is -2.45. The normalized spacial score (nSPS) is 25.8. The zero-order valence-electron chi connectivity index (χ0n) is 19.9. The molecule has 0 saturated heterocycles. The number of carbonyl (C=O) groups excluding carboxylic acids is 2. The molecule has 0 bridgehead atoms. The predicted molar refractivity (Wildman–Crippen MR) is 130 cm³/mol. The van der Waals surface area contributed by atoms with E-state index >= 15 is 0 Å². The summed E-state index contributed by atoms with van der Waals surface area (Å²) in [5.41, 5.74) is 3.29. The number of para-hydroxylation sites is 1. The van der Waals surface area contributed by atoms with E-state index in [1.54, 1.807) is 0 Å². The third-order valence-electron chi connectivity index (χ3n) is 7.03. The van der Waals surface area contributed by atoms with Crippen molar-refractivity contribution in [1.82, 2.24) is 0 Å². The first-order chi connectivity index (χ1) is 15.6. The van der Waals surface area contributed by atoms with Gasteiger partial charge in [-0.25, -0.2) is 0 Å². The Morgan fingerprint density at radius 3 is 2.24 bits per heavy atom. The van der Waals surface area contributed by atoms with Crippen LogP contribution in [0.3, 0.4) is 0 Å². The molecule has 33 heavy (non-hydrogen) atoms. The van der Waals surface area contributed by atoms with Crippen LogP contribution in [0.1, 0.15) is 64.9 Å². The molecule has 5 rings (SSSR count). The largest absolute Gasteiger partial charge is 0.457 e. The Hall–Kier alpha value is -3.01. The Morgan fingerprint density at radius 2 is 1.48 bits per heavy atom. The van der Waals surface area contributed by atoms with Crippen LogP contribution in [0, 0.1) is 16.7 Å². The fourth-order valence-electron chi connectivity index (χ4n) is 5.77. The molecule has 2 aromatic rings. The number of Topliss-reactive ketones (excluding diaryl/α,β-unsaturated/α-hetero) is 2. The van der Waals surface area contributed by atoms with Gasteiger partial charge in [-0.05, 0) is 53.5 Å². The first kappa shape index (κ1) is 21.8. The Morgan fingerprint density at radius 1 is 0.788 bits per heavy atom. The van der Waals surface area contributed by atoms with Crippen LogP contribution in [0.2, 0.25) is 0 Å². The Bertz CT molecular complexity index is 1190. The van der Waals surface area contributed by atoms with Crippen molar-refractivity contribution >= 4 is 17.3 Å². The van der Waals surface area contributed by atoms with Crippen LogP contribution >= 0.6 is 0 Å². The number of fused-ring (bicyclic) bond motifs is 1. The summed E-state index contributed by atoms with van der Waals surface area (Å²) in [4.78, 5) is 31.9. The van der Waals surface area contributed by atoms with Crippen LogP contribution in [-0.4, -0.2) is 17.3 Å². The number of hydrogen-bond donors (Lipinski definition) is 0. The quantitative estimate of drug-likeness (QED) is 0.535. The number of benzene rings is 2. The number of hydrogen-bond acceptors (Lipinski definition) is 4. The minimum absolute atomic E-state index is 0.110. The van der Waals surface area contributed by atoms with Crippen molar-refractivity contribution < 1.29 is 14.3 Å². The van der Waals surface area contributed by atoms with Gasteiger partial charge >= 0.3 is 0 Å². The molecule has 1 unspecified atom stereocenters. The summed E-state index contributed by atoms with van der Waals surface area (Å²) in [5.74, 6) is 1.12. The van der Waals surface area contributed by atoms with Crippen LogP contribution in [0.5, 0.6) is 11.5 Å². The van der Waals surface area contributed by atoms with Crippen molar-refractivity contribution in [2.24, 2.45) is 21.7 Å². The lowest BCUT2D eigenvalue weighted by molar-refractivity contribution is -0.124. The molecule has 4 nitrogen and oxygen atoms in total. The minimum atomic E-state index is -0.367. The van der Waals surface area contributed by atoms with Crippen molar-refractivity contribution in [2.75, 3.05) is 0 Å². The van der Waals surface area contributed by atoms with Crippen molar-refractivity contribution in [3.8, 4) is 11.5 Å². The monoisotopic (exact) mass is 441 g/mol. The molecule has 4 heteroatoms. The van der Waals surface area contributed by atoms with Gasteiger partial charge in [0.05, 0.1) is 5.92 Å². The molecule has 2 atom stereocenters. The summed E-state index contributed by atoms with van der Waals surface area (Å²) in [5, 5.41) is 0. The number of ketones is 2. The molecule has 0 spiro atoms. The van der Waals surface area contributed by atoms with Crippen LogP contribution in [0.15, 0.2) is 70.9 Å². The SMILES string of the molecule is CC1(C)CC(=O)C2C(=NC3=C(C(=O)CC(C)(C)C3)[C@H]2c2cccc(Oc3ccccc3)c2)C1. The van der Waals surface area contributed by atoms with E-state index in [1.807, 2.05) is 54.6 Å². The topological polar surface area (TPSA) is 55.7 Å². The molecular formula is C29H31NO3. The highest BCUT2D eigenvalue weighted by atomic mass is 16.5. The molecule has 0 aromatic heterocycles. The first-order valence-electron chi connectivity index (χ1n) is 11.8. The van der Waals surface area contributed by atoms with Gasteiger partial charge in [-0.3, -0.25) is 14.6 Å². The molecule has 0 radical (unpaired) electrons. The summed E-state index contributed by atoms with van der Waals surface area (Å²) in [6, 6.07) is 17.5. The van der Waals surface area contributed by atoms with Gasteiger partial charge in [0.1, 0.15) is 17.3 Å². The number of rotatable bonds is 3. The Labute approximate surface area is 195 Å². The van der Waals surface area contributed by atoms with Gasteiger partial charge in [0.25, 0.3) is 0 Å². The molecule has 1 fully saturated rings. The van der Waals surface area contributed by atoms with Crippen LogP contribution in [0.25, 0.3) is 0 Å². The lowest BCUT2D eigenvalue weighted by Gasteiger charge is -2.44. The maximum Gasteiger partial charge on any atom is 0.161 e. The maximum absolute atomic E-state index is 13.5. The van der Waals surface area contributed by atoms with Gasteiger partial charge in [0, 0.05) is 35.7 Å². The zero-order valence-corrected chi connectivity index (χ0v) is 19.9. The number of allylic oxidation sites excluding steroid dienone is 2. The average Bonchev–Trinajstić information content (AvgIpc) is 2.71. The van der Waals surface area contributed by atoms with E-state index in [2.05, 4.69) is 27.7 Å². The van der Waals surface area contributed by atoms with Gasteiger partial charge in [0.15, 0.2) is 5.78 Å².